The number of amides is 1. The number of aryl methyl sites for hydroxylation is 1. The number of primary amides is 1. The number of nitrogens with zero attached hydrogens (tertiary/aromatic N) is 4. The highest BCUT2D eigenvalue weighted by molar-refractivity contribution is 7.89. The molecule has 0 aliphatic rings. The average molecular weight is 544 g/mol. The topological polar surface area (TPSA) is 172 Å². The maximum absolute atomic E-state index is 13.5. The summed E-state index contributed by atoms with van der Waals surface area (Å²) < 4.78 is 29.1. The first-order chi connectivity index (χ1) is 17.4. The molecule has 0 aliphatic carbocycles. The molecule has 0 atom stereocenters. The molecule has 1 aromatic heterocycles. The predicted molar refractivity (Wildman–Crippen MR) is 135 cm³/mol. The van der Waals surface area contributed by atoms with E-state index in [1.54, 1.807) is 31.2 Å². The van der Waals surface area contributed by atoms with Crippen molar-refractivity contribution in [2.75, 3.05) is 7.05 Å². The number of hydrogen-bond donors (Lipinski definition) is 4. The van der Waals surface area contributed by atoms with E-state index >= 15 is 0 Å². The van der Waals surface area contributed by atoms with Gasteiger partial charge in [0.25, 0.3) is 0 Å². The van der Waals surface area contributed by atoms with Crippen LogP contribution in [-0.2, 0) is 16.6 Å². The van der Waals surface area contributed by atoms with Gasteiger partial charge in [0.1, 0.15) is 16.4 Å². The molecule has 3 aromatic carbocycles. The van der Waals surface area contributed by atoms with Crippen molar-refractivity contribution in [2.45, 2.75) is 18.4 Å². The standard InChI is InChI=1S/C24H22ClN5O6S/c1-13-5-3-4-6-18(13)30-23(27-28-24(30)34)17-10-21(20(32)11-19(17)31)37(35,36)29(2)12-14-9-15(25)7-8-16(14)22(26)33/h3-11,31-32H,12H2,1-2H3,(H2,26,33)(H,28,34). The lowest BCUT2D eigenvalue weighted by molar-refractivity contribution is 0.0999. The lowest BCUT2D eigenvalue weighted by Gasteiger charge is -2.20. The van der Waals surface area contributed by atoms with Crippen LogP contribution in [0.2, 0.25) is 5.02 Å². The van der Waals surface area contributed by atoms with Crippen LogP contribution in [0.25, 0.3) is 17.1 Å². The van der Waals surface area contributed by atoms with Crippen LogP contribution < -0.4 is 5.73 Å². The lowest BCUT2D eigenvalue weighted by atomic mass is 10.1. The van der Waals surface area contributed by atoms with E-state index in [-0.39, 0.29) is 34.1 Å². The zero-order valence-electron chi connectivity index (χ0n) is 19.6. The largest absolute Gasteiger partial charge is 0.507 e. The summed E-state index contributed by atoms with van der Waals surface area (Å²) in [7, 11) is -3.15. The zero-order chi connectivity index (χ0) is 27.1. The van der Waals surface area contributed by atoms with Crippen molar-refractivity contribution < 1.29 is 28.5 Å². The molecule has 11 nitrogen and oxygen atoms in total. The fourth-order valence-corrected chi connectivity index (χ4v) is 5.29. The molecule has 192 valence electrons. The van der Waals surface area contributed by atoms with Crippen molar-refractivity contribution in [3.05, 3.63) is 76.3 Å². The maximum atomic E-state index is 13.5. The van der Waals surface area contributed by atoms with Crippen LogP contribution in [0.15, 0.2) is 59.5 Å². The Morgan fingerprint density at radius 3 is 2.43 bits per heavy atom. The minimum absolute atomic E-state index is 0.0609. The highest BCUT2D eigenvalue weighted by Gasteiger charge is 2.29. The van der Waals surface area contributed by atoms with Crippen LogP contribution in [0, 0.1) is 6.92 Å². The first-order valence-corrected chi connectivity index (χ1v) is 12.5. The molecular formula is C24H22ClN5O6S. The smallest absolute Gasteiger partial charge is 0.319 e. The number of para-hydroxylation sites is 1. The second kappa shape index (κ2) is 9.73. The number of phenols is 2. The van der Waals surface area contributed by atoms with Gasteiger partial charge in [0, 0.05) is 30.2 Å². The Morgan fingerprint density at radius 1 is 1.05 bits per heavy atom. The molecule has 5 N–H and O–H groups in total. The van der Waals surface area contributed by atoms with Crippen LogP contribution in [0.3, 0.4) is 0 Å². The third kappa shape index (κ3) is 4.81. The number of aromatic nitrogens is 3. The number of carbonyl (C=O) groups is 1. The van der Waals surface area contributed by atoms with Crippen LogP contribution in [0.5, 0.6) is 17.5 Å². The maximum Gasteiger partial charge on any atom is 0.319 e. The second-order valence-electron chi connectivity index (χ2n) is 8.21. The van der Waals surface area contributed by atoms with Crippen molar-refractivity contribution in [1.82, 2.24) is 19.1 Å². The number of nitrogens with two attached hydrogens (primary N) is 1. The van der Waals surface area contributed by atoms with E-state index in [4.69, 9.17) is 17.3 Å². The van der Waals surface area contributed by atoms with Crippen LogP contribution in [-0.4, -0.2) is 55.8 Å². The SMILES string of the molecule is Cc1ccccc1-n1c(O)nnc1-c1cc(S(=O)(=O)N(C)Cc2cc(Cl)ccc2C(N)=O)c(O)cc1O. The van der Waals surface area contributed by atoms with Crippen molar-refractivity contribution in [2.24, 2.45) is 5.73 Å². The number of benzene rings is 3. The van der Waals surface area contributed by atoms with E-state index in [0.717, 1.165) is 22.0 Å². The van der Waals surface area contributed by atoms with Gasteiger partial charge in [0.2, 0.25) is 15.9 Å². The van der Waals surface area contributed by atoms with E-state index in [0.29, 0.717) is 5.69 Å². The summed E-state index contributed by atoms with van der Waals surface area (Å²) in [6.07, 6.45) is 0. The Balaban J connectivity index is 1.81. The minimum atomic E-state index is -4.39. The number of halogens is 1. The molecule has 4 rings (SSSR count). The molecule has 4 aromatic rings. The Hall–Kier alpha value is -4.13. The number of hydrogen-bond acceptors (Lipinski definition) is 8. The summed E-state index contributed by atoms with van der Waals surface area (Å²) in [5, 5.41) is 39.3. The van der Waals surface area contributed by atoms with Crippen LogP contribution >= 0.6 is 11.6 Å². The molecule has 0 saturated heterocycles. The summed E-state index contributed by atoms with van der Waals surface area (Å²) in [5.74, 6) is -2.04. The number of aromatic hydroxyl groups is 3. The third-order valence-corrected chi connectivity index (χ3v) is 7.80. The Labute approximate surface area is 217 Å². The number of sulfonamides is 1. The Morgan fingerprint density at radius 2 is 1.76 bits per heavy atom. The molecule has 0 unspecified atom stereocenters. The first-order valence-electron chi connectivity index (χ1n) is 10.7. The van der Waals surface area contributed by atoms with Gasteiger partial charge in [-0.25, -0.2) is 13.0 Å². The highest BCUT2D eigenvalue weighted by atomic mass is 35.5. The molecule has 0 saturated carbocycles. The molecule has 0 radical (unpaired) electrons. The van der Waals surface area contributed by atoms with Crippen molar-refractivity contribution >= 4 is 27.5 Å². The van der Waals surface area contributed by atoms with E-state index < -0.39 is 38.3 Å². The van der Waals surface area contributed by atoms with Gasteiger partial charge in [0.15, 0.2) is 5.82 Å². The summed E-state index contributed by atoms with van der Waals surface area (Å²) in [6, 6.07) is 12.7. The lowest BCUT2D eigenvalue weighted by Crippen LogP contribution is -2.28. The molecule has 13 heteroatoms. The summed E-state index contributed by atoms with van der Waals surface area (Å²) in [5.41, 5.74) is 6.88. The van der Waals surface area contributed by atoms with Gasteiger partial charge in [-0.1, -0.05) is 34.9 Å². The van der Waals surface area contributed by atoms with Gasteiger partial charge in [-0.15, -0.1) is 5.10 Å². The minimum Gasteiger partial charge on any atom is -0.507 e. The van der Waals surface area contributed by atoms with Gasteiger partial charge in [-0.2, -0.15) is 4.31 Å². The van der Waals surface area contributed by atoms with E-state index in [1.807, 2.05) is 0 Å². The zero-order valence-corrected chi connectivity index (χ0v) is 21.2. The van der Waals surface area contributed by atoms with E-state index in [9.17, 15) is 28.5 Å². The molecule has 0 aliphatic heterocycles. The van der Waals surface area contributed by atoms with Crippen molar-refractivity contribution in [3.63, 3.8) is 0 Å². The Bertz CT molecular complexity index is 1640. The van der Waals surface area contributed by atoms with Gasteiger partial charge < -0.3 is 21.1 Å². The van der Waals surface area contributed by atoms with Gasteiger partial charge in [-0.3, -0.25) is 4.79 Å². The fraction of sp³-hybridized carbons (Fsp3) is 0.125. The van der Waals surface area contributed by atoms with Crippen molar-refractivity contribution in [1.29, 1.82) is 0 Å². The van der Waals surface area contributed by atoms with E-state index in [1.165, 1.54) is 29.8 Å². The van der Waals surface area contributed by atoms with Gasteiger partial charge in [0.05, 0.1) is 11.3 Å². The average Bonchev–Trinajstić information content (AvgIpc) is 3.19. The number of rotatable bonds is 7. The van der Waals surface area contributed by atoms with Crippen molar-refractivity contribution in [3.8, 4) is 34.6 Å². The fourth-order valence-electron chi connectivity index (χ4n) is 3.86. The van der Waals surface area contributed by atoms with Gasteiger partial charge in [-0.05, 0) is 48.4 Å². The Kier molecular flexibility index (Phi) is 6.82. The predicted octanol–water partition coefficient (Wildman–Crippen LogP) is 2.93. The second-order valence-corrected chi connectivity index (χ2v) is 10.7. The molecule has 0 fully saturated rings. The van der Waals surface area contributed by atoms with Gasteiger partial charge >= 0.3 is 6.01 Å². The quantitative estimate of drug-likeness (QED) is 0.275. The molecule has 37 heavy (non-hydrogen) atoms. The first kappa shape index (κ1) is 25.9. The van der Waals surface area contributed by atoms with E-state index in [2.05, 4.69) is 10.2 Å². The normalized spacial score (nSPS) is 11.7. The van der Waals surface area contributed by atoms with Crippen LogP contribution in [0.4, 0.5) is 0 Å². The number of carbonyl (C=O) groups excluding carboxylic acids is 1. The summed E-state index contributed by atoms with van der Waals surface area (Å²) in [4.78, 5) is 11.3. The summed E-state index contributed by atoms with van der Waals surface area (Å²) in [6.45, 7) is 1.49. The third-order valence-electron chi connectivity index (χ3n) is 5.73. The number of phenolic OH excluding ortho intramolecular Hbond substituents is 2. The molecule has 1 heterocycles. The molecule has 0 spiro atoms. The molecule has 0 bridgehead atoms. The van der Waals surface area contributed by atoms with Crippen LogP contribution in [0.1, 0.15) is 21.5 Å². The highest BCUT2D eigenvalue weighted by Crippen LogP contribution is 2.39. The molecule has 1 amide bonds. The summed E-state index contributed by atoms with van der Waals surface area (Å²) >= 11 is 6.02. The molecular weight excluding hydrogens is 522 g/mol. The monoisotopic (exact) mass is 543 g/mol.